The molecule has 5 heteroatoms. The summed E-state index contributed by atoms with van der Waals surface area (Å²) in [4.78, 5) is 13.3. The molecule has 1 heterocycles. The molecule has 33 heavy (non-hydrogen) atoms. The van der Waals surface area contributed by atoms with E-state index in [0.29, 0.717) is 11.5 Å². The highest BCUT2D eigenvalue weighted by Crippen LogP contribution is 2.39. The summed E-state index contributed by atoms with van der Waals surface area (Å²) < 4.78 is 11.5. The van der Waals surface area contributed by atoms with E-state index in [1.807, 2.05) is 6.92 Å². The Labute approximate surface area is 198 Å². The SMILES string of the molecule is CC1(OC(=O)O)CCN(Cc2ccc3cc(OC4CCC(C(C)(C)C)CC4)ccc3c2)CC1. The molecule has 0 atom stereocenters. The molecule has 1 aliphatic carbocycles. The van der Waals surface area contributed by atoms with Crippen molar-refractivity contribution in [2.45, 2.75) is 84.5 Å². The fourth-order valence-corrected chi connectivity index (χ4v) is 5.44. The van der Waals surface area contributed by atoms with E-state index in [1.54, 1.807) is 0 Å². The third-order valence-corrected chi connectivity index (χ3v) is 7.73. The van der Waals surface area contributed by atoms with Gasteiger partial charge in [-0.2, -0.15) is 0 Å². The van der Waals surface area contributed by atoms with E-state index >= 15 is 0 Å². The average Bonchev–Trinajstić information content (AvgIpc) is 2.75. The molecule has 1 saturated heterocycles. The van der Waals surface area contributed by atoms with Crippen molar-refractivity contribution in [3.8, 4) is 5.75 Å². The summed E-state index contributed by atoms with van der Waals surface area (Å²) in [5.41, 5.74) is 1.11. The number of hydrogen-bond donors (Lipinski definition) is 1. The van der Waals surface area contributed by atoms with Crippen molar-refractivity contribution in [3.05, 3.63) is 42.0 Å². The lowest BCUT2D eigenvalue weighted by atomic mass is 9.72. The van der Waals surface area contributed by atoms with Crippen LogP contribution in [-0.4, -0.2) is 41.0 Å². The fraction of sp³-hybridized carbons (Fsp3) is 0.607. The van der Waals surface area contributed by atoms with Gasteiger partial charge in [-0.25, -0.2) is 4.79 Å². The molecule has 0 unspecified atom stereocenters. The normalized spacial score (nSPS) is 23.9. The number of hydrogen-bond acceptors (Lipinski definition) is 4. The van der Waals surface area contributed by atoms with Gasteiger partial charge in [0.05, 0.1) is 6.10 Å². The summed E-state index contributed by atoms with van der Waals surface area (Å²) in [6.07, 6.45) is 5.40. The van der Waals surface area contributed by atoms with E-state index in [0.717, 1.165) is 57.0 Å². The second kappa shape index (κ2) is 9.54. The van der Waals surface area contributed by atoms with Gasteiger partial charge in [0.15, 0.2) is 0 Å². The number of likely N-dealkylation sites (tertiary alicyclic amines) is 1. The number of carboxylic acid groups (broad SMARTS) is 1. The number of carbonyl (C=O) groups is 1. The first-order valence-corrected chi connectivity index (χ1v) is 12.4. The maximum absolute atomic E-state index is 10.9. The number of rotatable bonds is 5. The van der Waals surface area contributed by atoms with Crippen LogP contribution in [-0.2, 0) is 11.3 Å². The molecule has 2 fully saturated rings. The zero-order chi connectivity index (χ0) is 23.6. The Balaban J connectivity index is 1.32. The minimum Gasteiger partial charge on any atom is -0.490 e. The molecule has 2 aromatic carbocycles. The Morgan fingerprint density at radius 2 is 1.67 bits per heavy atom. The molecule has 180 valence electrons. The van der Waals surface area contributed by atoms with Gasteiger partial charge in [-0.1, -0.05) is 39.0 Å². The number of benzene rings is 2. The zero-order valence-corrected chi connectivity index (χ0v) is 20.6. The van der Waals surface area contributed by atoms with E-state index in [1.165, 1.54) is 29.2 Å². The van der Waals surface area contributed by atoms with Crippen molar-refractivity contribution in [1.82, 2.24) is 4.90 Å². The summed E-state index contributed by atoms with van der Waals surface area (Å²) in [5.74, 6) is 1.77. The lowest BCUT2D eigenvalue weighted by Crippen LogP contribution is -2.44. The Kier molecular flexibility index (Phi) is 6.90. The van der Waals surface area contributed by atoms with Crippen LogP contribution >= 0.6 is 0 Å². The van der Waals surface area contributed by atoms with Crippen LogP contribution in [0.2, 0.25) is 0 Å². The largest absolute Gasteiger partial charge is 0.506 e. The van der Waals surface area contributed by atoms with Crippen molar-refractivity contribution in [2.24, 2.45) is 11.3 Å². The molecule has 2 aromatic rings. The highest BCUT2D eigenvalue weighted by atomic mass is 16.7. The summed E-state index contributed by atoms with van der Waals surface area (Å²) in [6.45, 7) is 11.5. The van der Waals surface area contributed by atoms with E-state index in [9.17, 15) is 4.79 Å². The highest BCUT2D eigenvalue weighted by molar-refractivity contribution is 5.84. The summed E-state index contributed by atoms with van der Waals surface area (Å²) in [7, 11) is 0. The predicted molar refractivity (Wildman–Crippen MR) is 132 cm³/mol. The highest BCUT2D eigenvalue weighted by Gasteiger charge is 2.34. The lowest BCUT2D eigenvalue weighted by molar-refractivity contribution is -0.0454. The van der Waals surface area contributed by atoms with E-state index in [4.69, 9.17) is 14.6 Å². The first kappa shape index (κ1) is 23.9. The Hall–Kier alpha value is -2.27. The second-order valence-corrected chi connectivity index (χ2v) is 11.4. The van der Waals surface area contributed by atoms with Gasteiger partial charge < -0.3 is 14.6 Å². The molecular formula is C28H39NO4. The van der Waals surface area contributed by atoms with Crippen molar-refractivity contribution in [3.63, 3.8) is 0 Å². The minimum absolute atomic E-state index is 0.329. The molecule has 0 amide bonds. The molecule has 0 radical (unpaired) electrons. The van der Waals surface area contributed by atoms with E-state index in [-0.39, 0.29) is 0 Å². The maximum Gasteiger partial charge on any atom is 0.506 e. The molecule has 2 aliphatic rings. The number of fused-ring (bicyclic) bond motifs is 1. The minimum atomic E-state index is -1.18. The third-order valence-electron chi connectivity index (χ3n) is 7.73. The van der Waals surface area contributed by atoms with Gasteiger partial charge in [0, 0.05) is 19.6 Å². The predicted octanol–water partition coefficient (Wildman–Crippen LogP) is 6.87. The zero-order valence-electron chi connectivity index (χ0n) is 20.6. The van der Waals surface area contributed by atoms with Crippen LogP contribution in [0.4, 0.5) is 4.79 Å². The summed E-state index contributed by atoms with van der Waals surface area (Å²) in [5, 5.41) is 11.4. The fourth-order valence-electron chi connectivity index (χ4n) is 5.44. The van der Waals surface area contributed by atoms with Crippen LogP contribution in [0.1, 0.15) is 71.8 Å². The van der Waals surface area contributed by atoms with Crippen LogP contribution in [0.3, 0.4) is 0 Å². The van der Waals surface area contributed by atoms with Crippen LogP contribution in [0.15, 0.2) is 36.4 Å². The topological polar surface area (TPSA) is 59.0 Å². The molecule has 4 rings (SSSR count). The third kappa shape index (κ3) is 6.20. The van der Waals surface area contributed by atoms with Crippen LogP contribution in [0.25, 0.3) is 10.8 Å². The van der Waals surface area contributed by atoms with Gasteiger partial charge in [0.1, 0.15) is 11.4 Å². The molecule has 0 aromatic heterocycles. The second-order valence-electron chi connectivity index (χ2n) is 11.4. The summed E-state index contributed by atoms with van der Waals surface area (Å²) in [6, 6.07) is 13.1. The molecule has 0 spiro atoms. The lowest BCUT2D eigenvalue weighted by Gasteiger charge is -2.38. The first-order chi connectivity index (χ1) is 15.6. The van der Waals surface area contributed by atoms with Gasteiger partial charge in [-0.3, -0.25) is 4.90 Å². The van der Waals surface area contributed by atoms with Gasteiger partial charge in [-0.15, -0.1) is 0 Å². The number of piperidine rings is 1. The van der Waals surface area contributed by atoms with Crippen LogP contribution < -0.4 is 4.74 Å². The maximum atomic E-state index is 10.9. The smallest absolute Gasteiger partial charge is 0.490 e. The summed E-state index contributed by atoms with van der Waals surface area (Å²) >= 11 is 0. The van der Waals surface area contributed by atoms with Gasteiger partial charge >= 0.3 is 6.16 Å². The molecule has 1 aliphatic heterocycles. The van der Waals surface area contributed by atoms with E-state index < -0.39 is 11.8 Å². The van der Waals surface area contributed by atoms with Crippen LogP contribution in [0.5, 0.6) is 5.75 Å². The van der Waals surface area contributed by atoms with E-state index in [2.05, 4.69) is 62.1 Å². The molecule has 0 bridgehead atoms. The monoisotopic (exact) mass is 453 g/mol. The number of nitrogens with zero attached hydrogens (tertiary/aromatic N) is 1. The standard InChI is InChI=1S/C28H39NO4/c1-27(2,3)23-8-11-24(12-9-23)32-25-10-7-21-17-20(5-6-22(21)18-25)19-29-15-13-28(4,14-16-29)33-26(30)31/h5-7,10,17-18,23-24H,8-9,11-16,19H2,1-4H3,(H,30,31). The van der Waals surface area contributed by atoms with Gasteiger partial charge in [0.2, 0.25) is 0 Å². The average molecular weight is 454 g/mol. The molecular weight excluding hydrogens is 414 g/mol. The first-order valence-electron chi connectivity index (χ1n) is 12.4. The van der Waals surface area contributed by atoms with Crippen molar-refractivity contribution < 1.29 is 19.4 Å². The van der Waals surface area contributed by atoms with Crippen molar-refractivity contribution >= 4 is 16.9 Å². The Morgan fingerprint density at radius 1 is 1.03 bits per heavy atom. The molecule has 1 saturated carbocycles. The Bertz CT molecular complexity index is 964. The van der Waals surface area contributed by atoms with Crippen molar-refractivity contribution in [1.29, 1.82) is 0 Å². The molecule has 5 nitrogen and oxygen atoms in total. The number of ether oxygens (including phenoxy) is 2. The van der Waals surface area contributed by atoms with Crippen LogP contribution in [0, 0.1) is 11.3 Å². The Morgan fingerprint density at radius 3 is 2.30 bits per heavy atom. The van der Waals surface area contributed by atoms with Gasteiger partial charge in [0.25, 0.3) is 0 Å². The quantitative estimate of drug-likeness (QED) is 0.501. The van der Waals surface area contributed by atoms with Crippen molar-refractivity contribution in [2.75, 3.05) is 13.1 Å². The van der Waals surface area contributed by atoms with Gasteiger partial charge in [-0.05, 0) is 91.3 Å². The molecule has 1 N–H and O–H groups in total.